The summed E-state index contributed by atoms with van der Waals surface area (Å²) < 4.78 is 9.56. The number of esters is 2. The standard InChI is InChI=1S/C26H25N3O4S/c1-16(2)11-17-5-7-18(8-6-17)23-15-34-24(29-23)20(13-27)14-28-22-12-19(25(30)32-3)9-10-21(22)26(31)33-4/h5-10,12,14-16,28H,11H2,1-4H3/b20-14+. The lowest BCUT2D eigenvalue weighted by atomic mass is 10.0. The SMILES string of the molecule is COC(=O)c1ccc(C(=O)OC)c(N/C=C(\C#N)c2nc(-c3ccc(CC(C)C)cc3)cs2)c1. The fourth-order valence-electron chi connectivity index (χ4n) is 3.30. The average molecular weight is 476 g/mol. The van der Waals surface area contributed by atoms with Gasteiger partial charge in [-0.1, -0.05) is 38.1 Å². The molecule has 0 saturated heterocycles. The Morgan fingerprint density at radius 3 is 2.44 bits per heavy atom. The van der Waals surface area contributed by atoms with Gasteiger partial charge in [0.1, 0.15) is 16.6 Å². The van der Waals surface area contributed by atoms with Crippen molar-refractivity contribution >= 4 is 34.5 Å². The molecule has 1 heterocycles. The molecule has 1 N–H and O–H groups in total. The van der Waals surface area contributed by atoms with E-state index < -0.39 is 11.9 Å². The van der Waals surface area contributed by atoms with Crippen molar-refractivity contribution in [3.05, 3.63) is 75.7 Å². The fourth-order valence-corrected chi connectivity index (χ4v) is 4.10. The van der Waals surface area contributed by atoms with Gasteiger partial charge in [0.15, 0.2) is 0 Å². The summed E-state index contributed by atoms with van der Waals surface area (Å²) in [5.74, 6) is -0.545. The third-order valence-electron chi connectivity index (χ3n) is 4.97. The number of thiazole rings is 1. The van der Waals surface area contributed by atoms with Gasteiger partial charge in [-0.15, -0.1) is 11.3 Å². The van der Waals surface area contributed by atoms with Crippen LogP contribution in [0.1, 0.15) is 45.1 Å². The number of allylic oxidation sites excluding steroid dienone is 1. The van der Waals surface area contributed by atoms with E-state index in [0.29, 0.717) is 16.6 Å². The first-order valence-corrected chi connectivity index (χ1v) is 11.5. The van der Waals surface area contributed by atoms with Crippen molar-refractivity contribution in [3.8, 4) is 17.3 Å². The maximum atomic E-state index is 12.1. The Hall–Kier alpha value is -3.96. The first-order valence-electron chi connectivity index (χ1n) is 10.6. The number of carbonyl (C=O) groups excluding carboxylic acids is 2. The summed E-state index contributed by atoms with van der Waals surface area (Å²) >= 11 is 1.35. The van der Waals surface area contributed by atoms with Crippen molar-refractivity contribution < 1.29 is 19.1 Å². The second-order valence-electron chi connectivity index (χ2n) is 7.89. The third kappa shape index (κ3) is 5.88. The molecule has 0 amide bonds. The van der Waals surface area contributed by atoms with Crippen molar-refractivity contribution in [3.63, 3.8) is 0 Å². The topological polar surface area (TPSA) is 101 Å². The summed E-state index contributed by atoms with van der Waals surface area (Å²) in [6.45, 7) is 4.37. The first kappa shape index (κ1) is 24.7. The average Bonchev–Trinajstić information content (AvgIpc) is 3.33. The lowest BCUT2D eigenvalue weighted by molar-refractivity contribution is 0.0587. The molecule has 0 spiro atoms. The van der Waals surface area contributed by atoms with E-state index in [1.54, 1.807) is 0 Å². The summed E-state index contributed by atoms with van der Waals surface area (Å²) in [7, 11) is 2.54. The number of nitrogens with zero attached hydrogens (tertiary/aromatic N) is 2. The van der Waals surface area contributed by atoms with Crippen LogP contribution in [0.15, 0.2) is 54.0 Å². The number of benzene rings is 2. The van der Waals surface area contributed by atoms with Crippen LogP contribution >= 0.6 is 11.3 Å². The summed E-state index contributed by atoms with van der Waals surface area (Å²) in [5.41, 5.74) is 4.07. The molecule has 0 radical (unpaired) electrons. The van der Waals surface area contributed by atoms with E-state index in [2.05, 4.69) is 42.4 Å². The Balaban J connectivity index is 1.87. The van der Waals surface area contributed by atoms with Crippen molar-refractivity contribution in [2.45, 2.75) is 20.3 Å². The highest BCUT2D eigenvalue weighted by Crippen LogP contribution is 2.27. The van der Waals surface area contributed by atoms with Crippen LogP contribution in [0, 0.1) is 17.2 Å². The highest BCUT2D eigenvalue weighted by Gasteiger charge is 2.16. The maximum Gasteiger partial charge on any atom is 0.339 e. The van der Waals surface area contributed by atoms with Gasteiger partial charge < -0.3 is 14.8 Å². The molecular weight excluding hydrogens is 450 g/mol. The van der Waals surface area contributed by atoms with Crippen molar-refractivity contribution in [2.75, 3.05) is 19.5 Å². The quantitative estimate of drug-likeness (QED) is 0.336. The number of carbonyl (C=O) groups is 2. The molecule has 3 rings (SSSR count). The van der Waals surface area contributed by atoms with Gasteiger partial charge in [-0.2, -0.15) is 5.26 Å². The summed E-state index contributed by atoms with van der Waals surface area (Å²) in [5, 5.41) is 15.1. The van der Waals surface area contributed by atoms with Gasteiger partial charge in [0.05, 0.1) is 36.7 Å². The molecule has 174 valence electrons. The van der Waals surface area contributed by atoms with E-state index in [1.165, 1.54) is 55.5 Å². The highest BCUT2D eigenvalue weighted by atomic mass is 32.1. The minimum atomic E-state index is -0.580. The zero-order valence-electron chi connectivity index (χ0n) is 19.4. The maximum absolute atomic E-state index is 12.1. The molecule has 2 aromatic carbocycles. The first-order chi connectivity index (χ1) is 16.4. The smallest absolute Gasteiger partial charge is 0.339 e. The van der Waals surface area contributed by atoms with Gasteiger partial charge in [-0.3, -0.25) is 0 Å². The lowest BCUT2D eigenvalue weighted by Gasteiger charge is -2.10. The summed E-state index contributed by atoms with van der Waals surface area (Å²) in [6.07, 6.45) is 2.47. The lowest BCUT2D eigenvalue weighted by Crippen LogP contribution is -2.08. The number of nitriles is 1. The van der Waals surface area contributed by atoms with Gasteiger partial charge in [0.25, 0.3) is 0 Å². The van der Waals surface area contributed by atoms with Gasteiger partial charge in [-0.25, -0.2) is 14.6 Å². The number of nitrogens with one attached hydrogen (secondary N) is 1. The zero-order chi connectivity index (χ0) is 24.7. The van der Waals surface area contributed by atoms with Gasteiger partial charge >= 0.3 is 11.9 Å². The number of hydrogen-bond acceptors (Lipinski definition) is 8. The number of hydrogen-bond donors (Lipinski definition) is 1. The molecule has 0 aliphatic carbocycles. The summed E-state index contributed by atoms with van der Waals surface area (Å²) in [6, 6.07) is 14.8. The molecule has 34 heavy (non-hydrogen) atoms. The normalized spacial score (nSPS) is 11.1. The molecule has 0 unspecified atom stereocenters. The van der Waals surface area contributed by atoms with Crippen LogP contribution in [0.3, 0.4) is 0 Å². The van der Waals surface area contributed by atoms with Crippen LogP contribution in [-0.2, 0) is 15.9 Å². The Labute approximate surface area is 202 Å². The fraction of sp³-hybridized carbons (Fsp3) is 0.231. The zero-order valence-corrected chi connectivity index (χ0v) is 20.2. The van der Waals surface area contributed by atoms with Crippen molar-refractivity contribution in [2.24, 2.45) is 5.92 Å². The number of anilines is 1. The van der Waals surface area contributed by atoms with Crippen LogP contribution in [-0.4, -0.2) is 31.1 Å². The Kier molecular flexibility index (Phi) is 8.17. The minimum absolute atomic E-state index is 0.213. The van der Waals surface area contributed by atoms with E-state index >= 15 is 0 Å². The molecule has 8 heteroatoms. The van der Waals surface area contributed by atoms with Crippen LogP contribution in [0.25, 0.3) is 16.8 Å². The van der Waals surface area contributed by atoms with Gasteiger partial charge in [-0.05, 0) is 36.1 Å². The second-order valence-corrected chi connectivity index (χ2v) is 8.75. The second kappa shape index (κ2) is 11.3. The van der Waals surface area contributed by atoms with Crippen LogP contribution in [0.4, 0.5) is 5.69 Å². The number of rotatable bonds is 8. The molecule has 1 aromatic heterocycles. The van der Waals surface area contributed by atoms with E-state index in [4.69, 9.17) is 9.47 Å². The van der Waals surface area contributed by atoms with E-state index in [9.17, 15) is 14.9 Å². The molecule has 0 fully saturated rings. The van der Waals surface area contributed by atoms with E-state index in [0.717, 1.165) is 17.7 Å². The van der Waals surface area contributed by atoms with Crippen LogP contribution in [0.5, 0.6) is 0 Å². The number of aromatic nitrogens is 1. The van der Waals surface area contributed by atoms with Crippen molar-refractivity contribution in [1.29, 1.82) is 5.26 Å². The monoisotopic (exact) mass is 475 g/mol. The molecule has 0 aliphatic rings. The molecule has 0 aliphatic heterocycles. The number of ether oxygens (including phenoxy) is 2. The molecule has 0 atom stereocenters. The Bertz CT molecular complexity index is 1250. The molecule has 3 aromatic rings. The minimum Gasteiger partial charge on any atom is -0.465 e. The number of methoxy groups -OCH3 is 2. The van der Waals surface area contributed by atoms with Gasteiger partial charge in [0, 0.05) is 17.1 Å². The Morgan fingerprint density at radius 1 is 1.12 bits per heavy atom. The van der Waals surface area contributed by atoms with Crippen LogP contribution in [0.2, 0.25) is 0 Å². The van der Waals surface area contributed by atoms with Gasteiger partial charge in [0.2, 0.25) is 0 Å². The van der Waals surface area contributed by atoms with E-state index in [1.807, 2.05) is 17.5 Å². The largest absolute Gasteiger partial charge is 0.465 e. The van der Waals surface area contributed by atoms with Crippen LogP contribution < -0.4 is 5.32 Å². The van der Waals surface area contributed by atoms with E-state index in [-0.39, 0.29) is 16.7 Å². The summed E-state index contributed by atoms with van der Waals surface area (Å²) in [4.78, 5) is 28.6. The molecule has 0 saturated carbocycles. The van der Waals surface area contributed by atoms with Crippen molar-refractivity contribution in [1.82, 2.24) is 4.98 Å². The predicted molar refractivity (Wildman–Crippen MR) is 132 cm³/mol. The third-order valence-corrected chi connectivity index (χ3v) is 5.84. The molecular formula is C26H25N3O4S. The molecule has 0 bridgehead atoms. The molecule has 7 nitrogen and oxygen atoms in total. The predicted octanol–water partition coefficient (Wildman–Crippen LogP) is 5.56. The highest BCUT2D eigenvalue weighted by molar-refractivity contribution is 7.11. The Morgan fingerprint density at radius 2 is 1.82 bits per heavy atom.